The molecular weight excluding hydrogens is 453 g/mol. The van der Waals surface area contributed by atoms with Gasteiger partial charge in [-0.1, -0.05) is 31.0 Å². The molecule has 33 heavy (non-hydrogen) atoms. The fourth-order valence-electron chi connectivity index (χ4n) is 4.40. The molecule has 1 amide bonds. The van der Waals surface area contributed by atoms with E-state index < -0.39 is 17.8 Å². The van der Waals surface area contributed by atoms with Gasteiger partial charge < -0.3 is 10.0 Å². The molecule has 0 radical (unpaired) electrons. The fraction of sp³-hybridized carbons (Fsp3) is 0.480. The molecule has 0 unspecified atom stereocenters. The number of unbranched alkanes of at least 4 members (excludes halogenated alkanes) is 1. The third kappa shape index (κ3) is 6.34. The molecule has 2 aromatic rings. The van der Waals surface area contributed by atoms with Crippen LogP contribution in [-0.4, -0.2) is 29.2 Å². The molecule has 0 bridgehead atoms. The van der Waals surface area contributed by atoms with Gasteiger partial charge in [0.25, 0.3) is 0 Å². The second-order valence-electron chi connectivity index (χ2n) is 8.52. The molecule has 0 saturated heterocycles. The Labute approximate surface area is 198 Å². The van der Waals surface area contributed by atoms with Gasteiger partial charge in [0.2, 0.25) is 0 Å². The highest BCUT2D eigenvalue weighted by Gasteiger charge is 2.31. The number of hydrogen-bond acceptors (Lipinski definition) is 2. The minimum atomic E-state index is -4.55. The summed E-state index contributed by atoms with van der Waals surface area (Å²) in [6.45, 7) is 5.78. The van der Waals surface area contributed by atoms with Crippen molar-refractivity contribution in [2.75, 3.05) is 18.0 Å². The largest absolute Gasteiger partial charge is 0.465 e. The maximum Gasteiger partial charge on any atom is 0.416 e. The van der Waals surface area contributed by atoms with E-state index in [4.69, 9.17) is 11.6 Å². The Morgan fingerprint density at radius 2 is 1.76 bits per heavy atom. The van der Waals surface area contributed by atoms with Crippen molar-refractivity contribution in [3.05, 3.63) is 63.2 Å². The van der Waals surface area contributed by atoms with Crippen LogP contribution in [0.1, 0.15) is 60.9 Å². The van der Waals surface area contributed by atoms with E-state index in [0.29, 0.717) is 0 Å². The SMILES string of the molecule is CCCCN(CC)c1cc2c(cc1CN(Cc1cc(Cl)cc(C(F)(F)F)c1)C(=O)O)CCC2. The molecule has 1 N–H and O–H groups in total. The Kier molecular flexibility index (Phi) is 8.16. The van der Waals surface area contributed by atoms with E-state index >= 15 is 0 Å². The Morgan fingerprint density at radius 1 is 1.06 bits per heavy atom. The van der Waals surface area contributed by atoms with Crippen LogP contribution in [0.3, 0.4) is 0 Å². The lowest BCUT2D eigenvalue weighted by Gasteiger charge is -2.29. The van der Waals surface area contributed by atoms with Crippen LogP contribution in [0.25, 0.3) is 0 Å². The predicted molar refractivity (Wildman–Crippen MR) is 125 cm³/mol. The summed E-state index contributed by atoms with van der Waals surface area (Å²) in [4.78, 5) is 15.5. The van der Waals surface area contributed by atoms with Gasteiger partial charge in [0.15, 0.2) is 0 Å². The monoisotopic (exact) mass is 482 g/mol. The Morgan fingerprint density at radius 3 is 2.36 bits per heavy atom. The van der Waals surface area contributed by atoms with E-state index in [1.807, 2.05) is 0 Å². The summed E-state index contributed by atoms with van der Waals surface area (Å²) < 4.78 is 39.6. The summed E-state index contributed by atoms with van der Waals surface area (Å²) in [5, 5.41) is 9.80. The lowest BCUT2D eigenvalue weighted by Crippen LogP contribution is -2.31. The molecule has 2 aromatic carbocycles. The quantitative estimate of drug-likeness (QED) is 0.412. The molecule has 0 aromatic heterocycles. The molecule has 0 fully saturated rings. The third-order valence-corrected chi connectivity index (χ3v) is 6.31. The first-order valence-electron chi connectivity index (χ1n) is 11.4. The number of nitrogens with zero attached hydrogens (tertiary/aromatic N) is 2. The Balaban J connectivity index is 1.94. The Hall–Kier alpha value is -2.41. The zero-order valence-corrected chi connectivity index (χ0v) is 19.8. The summed E-state index contributed by atoms with van der Waals surface area (Å²) in [6, 6.07) is 7.46. The minimum absolute atomic E-state index is 0.0693. The average Bonchev–Trinajstić information content (AvgIpc) is 3.20. The standard InChI is InChI=1S/C25H30ClF3N2O2/c1-3-5-9-30(4-2)23-13-19-8-6-7-18(19)12-20(23)16-31(24(32)33)15-17-10-21(25(27,28)29)14-22(26)11-17/h10-14H,3-9,15-16H2,1-2H3,(H,32,33). The maximum atomic E-state index is 13.2. The van der Waals surface area contributed by atoms with Crippen molar-refractivity contribution in [2.45, 2.75) is 65.2 Å². The van der Waals surface area contributed by atoms with Crippen LogP contribution < -0.4 is 4.90 Å². The first-order chi connectivity index (χ1) is 15.6. The van der Waals surface area contributed by atoms with Crippen LogP contribution in [0.5, 0.6) is 0 Å². The minimum Gasteiger partial charge on any atom is -0.465 e. The van der Waals surface area contributed by atoms with Crippen LogP contribution in [0, 0.1) is 0 Å². The zero-order valence-electron chi connectivity index (χ0n) is 19.0. The van der Waals surface area contributed by atoms with Crippen LogP contribution in [-0.2, 0) is 32.1 Å². The predicted octanol–water partition coefficient (Wildman–Crippen LogP) is 7.15. The molecule has 3 rings (SSSR count). The molecule has 0 saturated carbocycles. The average molecular weight is 483 g/mol. The molecule has 1 aliphatic rings. The van der Waals surface area contributed by atoms with E-state index in [2.05, 4.69) is 30.9 Å². The van der Waals surface area contributed by atoms with Crippen molar-refractivity contribution in [2.24, 2.45) is 0 Å². The number of aryl methyl sites for hydroxylation is 2. The lowest BCUT2D eigenvalue weighted by molar-refractivity contribution is -0.137. The molecule has 0 spiro atoms. The smallest absolute Gasteiger partial charge is 0.416 e. The van der Waals surface area contributed by atoms with Crippen molar-refractivity contribution in [3.8, 4) is 0 Å². The van der Waals surface area contributed by atoms with E-state index in [1.54, 1.807) is 0 Å². The number of carbonyl (C=O) groups is 1. The van der Waals surface area contributed by atoms with E-state index in [0.717, 1.165) is 73.5 Å². The van der Waals surface area contributed by atoms with E-state index in [9.17, 15) is 23.1 Å². The van der Waals surface area contributed by atoms with Gasteiger partial charge in [0.05, 0.1) is 12.1 Å². The molecule has 8 heteroatoms. The van der Waals surface area contributed by atoms with Gasteiger partial charge in [-0.15, -0.1) is 0 Å². The molecular formula is C25H30ClF3N2O2. The Bertz CT molecular complexity index is 994. The van der Waals surface area contributed by atoms with Crippen molar-refractivity contribution in [1.82, 2.24) is 4.90 Å². The lowest BCUT2D eigenvalue weighted by atomic mass is 10.0. The molecule has 4 nitrogen and oxygen atoms in total. The number of halogens is 4. The van der Waals surface area contributed by atoms with Gasteiger partial charge in [-0.05, 0) is 79.1 Å². The van der Waals surface area contributed by atoms with Crippen molar-refractivity contribution in [1.29, 1.82) is 0 Å². The van der Waals surface area contributed by atoms with Crippen LogP contribution in [0.2, 0.25) is 5.02 Å². The van der Waals surface area contributed by atoms with Gasteiger partial charge in [-0.25, -0.2) is 4.79 Å². The van der Waals surface area contributed by atoms with Crippen LogP contribution >= 0.6 is 11.6 Å². The number of anilines is 1. The molecule has 0 heterocycles. The van der Waals surface area contributed by atoms with Gasteiger partial charge in [-0.3, -0.25) is 4.90 Å². The summed E-state index contributed by atoms with van der Waals surface area (Å²) in [6.07, 6.45) is -0.623. The number of amides is 1. The zero-order chi connectivity index (χ0) is 24.2. The normalized spacial score (nSPS) is 13.2. The van der Waals surface area contributed by atoms with Crippen LogP contribution in [0.4, 0.5) is 23.7 Å². The molecule has 0 aliphatic heterocycles. The summed E-state index contributed by atoms with van der Waals surface area (Å²) >= 11 is 5.90. The number of benzene rings is 2. The van der Waals surface area contributed by atoms with E-state index in [1.165, 1.54) is 17.2 Å². The molecule has 180 valence electrons. The second kappa shape index (κ2) is 10.7. The number of fused-ring (bicyclic) bond motifs is 1. The van der Waals surface area contributed by atoms with Crippen LogP contribution in [0.15, 0.2) is 30.3 Å². The van der Waals surface area contributed by atoms with E-state index in [-0.39, 0.29) is 23.7 Å². The van der Waals surface area contributed by atoms with Crippen molar-refractivity contribution >= 4 is 23.4 Å². The van der Waals surface area contributed by atoms with Gasteiger partial charge in [-0.2, -0.15) is 13.2 Å². The highest BCUT2D eigenvalue weighted by atomic mass is 35.5. The molecule has 1 aliphatic carbocycles. The second-order valence-corrected chi connectivity index (χ2v) is 8.96. The fourth-order valence-corrected chi connectivity index (χ4v) is 4.66. The maximum absolute atomic E-state index is 13.2. The number of alkyl halides is 3. The first-order valence-corrected chi connectivity index (χ1v) is 11.7. The summed E-state index contributed by atoms with van der Waals surface area (Å²) in [7, 11) is 0. The number of carboxylic acid groups (broad SMARTS) is 1. The van der Waals surface area contributed by atoms with Gasteiger partial charge in [0.1, 0.15) is 0 Å². The molecule has 0 atom stereocenters. The highest BCUT2D eigenvalue weighted by Crippen LogP contribution is 2.34. The number of hydrogen-bond donors (Lipinski definition) is 1. The summed E-state index contributed by atoms with van der Waals surface area (Å²) in [5.41, 5.74) is 3.75. The number of rotatable bonds is 9. The van der Waals surface area contributed by atoms with Gasteiger partial charge >= 0.3 is 12.3 Å². The topological polar surface area (TPSA) is 43.8 Å². The van der Waals surface area contributed by atoms with Crippen molar-refractivity contribution in [3.63, 3.8) is 0 Å². The van der Waals surface area contributed by atoms with Gasteiger partial charge in [0, 0.05) is 30.3 Å². The first kappa shape index (κ1) is 25.2. The highest BCUT2D eigenvalue weighted by molar-refractivity contribution is 6.30. The van der Waals surface area contributed by atoms with Crippen molar-refractivity contribution < 1.29 is 23.1 Å². The summed E-state index contributed by atoms with van der Waals surface area (Å²) in [5.74, 6) is 0. The third-order valence-electron chi connectivity index (χ3n) is 6.09.